The second-order valence-electron chi connectivity index (χ2n) is 7.28. The van der Waals surface area contributed by atoms with Gasteiger partial charge >= 0.3 is 0 Å². The van der Waals surface area contributed by atoms with E-state index in [0.717, 1.165) is 37.0 Å². The summed E-state index contributed by atoms with van der Waals surface area (Å²) in [5.41, 5.74) is 1.84. The number of ketones is 1. The minimum absolute atomic E-state index is 0.0196. The number of aromatic amines is 1. The molecule has 0 saturated carbocycles. The summed E-state index contributed by atoms with van der Waals surface area (Å²) >= 11 is 0. The Morgan fingerprint density at radius 2 is 1.77 bits per heavy atom. The molecule has 1 heterocycles. The topological polar surface area (TPSA) is 110 Å². The van der Waals surface area contributed by atoms with Crippen molar-refractivity contribution >= 4 is 5.78 Å². The van der Waals surface area contributed by atoms with Gasteiger partial charge in [-0.05, 0) is 67.8 Å². The summed E-state index contributed by atoms with van der Waals surface area (Å²) < 4.78 is 11.5. The molecule has 3 rings (SSSR count). The number of aromatic nitrogens is 4. The lowest BCUT2D eigenvalue weighted by atomic mass is 10.0. The number of benzene rings is 2. The van der Waals surface area contributed by atoms with E-state index in [1.807, 2.05) is 31.2 Å². The smallest absolute Gasteiger partial charge is 0.204 e. The summed E-state index contributed by atoms with van der Waals surface area (Å²) in [5.74, 6) is 1.91. The van der Waals surface area contributed by atoms with Crippen LogP contribution in [0.2, 0.25) is 0 Å². The highest BCUT2D eigenvalue weighted by molar-refractivity contribution is 5.99. The molecule has 0 radical (unpaired) electrons. The standard InChI is InChI=1S/C23H28N4O4/c1-3-4-7-20(28)19-12-13-21(16(2)22(19)29)31-15-6-5-14-30-18-10-8-17(9-11-18)23-24-26-27-25-23/h8-13,29H,3-7,14-15H2,1-2H3,(H,24,25,26,27). The molecule has 2 aromatic carbocycles. The van der Waals surface area contributed by atoms with Crippen molar-refractivity contribution in [2.24, 2.45) is 0 Å². The van der Waals surface area contributed by atoms with Gasteiger partial charge in [-0.2, -0.15) is 5.21 Å². The van der Waals surface area contributed by atoms with Crippen molar-refractivity contribution in [1.29, 1.82) is 0 Å². The van der Waals surface area contributed by atoms with Gasteiger partial charge in [-0.25, -0.2) is 0 Å². The van der Waals surface area contributed by atoms with Crippen LogP contribution in [0.1, 0.15) is 54.9 Å². The number of rotatable bonds is 12. The second kappa shape index (κ2) is 11.1. The molecule has 0 aliphatic carbocycles. The number of phenolic OH excluding ortho intramolecular Hbond substituents is 1. The quantitative estimate of drug-likeness (QED) is 0.325. The predicted octanol–water partition coefficient (Wildman–Crippen LogP) is 4.49. The van der Waals surface area contributed by atoms with Crippen LogP contribution in [0.5, 0.6) is 17.2 Å². The zero-order valence-corrected chi connectivity index (χ0v) is 17.9. The Hall–Kier alpha value is -3.42. The number of phenols is 1. The number of ether oxygens (including phenoxy) is 2. The number of hydrogen-bond acceptors (Lipinski definition) is 7. The summed E-state index contributed by atoms with van der Waals surface area (Å²) in [5, 5.41) is 24.2. The number of Topliss-reactive ketones (excluding diaryl/α,β-unsaturated/α-hetero) is 1. The van der Waals surface area contributed by atoms with Crippen molar-refractivity contribution < 1.29 is 19.4 Å². The molecule has 8 nitrogen and oxygen atoms in total. The second-order valence-corrected chi connectivity index (χ2v) is 7.28. The first-order valence-electron chi connectivity index (χ1n) is 10.6. The zero-order chi connectivity index (χ0) is 22.1. The van der Waals surface area contributed by atoms with E-state index >= 15 is 0 Å². The molecule has 2 N–H and O–H groups in total. The number of carbonyl (C=O) groups excluding carboxylic acids is 1. The summed E-state index contributed by atoms with van der Waals surface area (Å²) in [4.78, 5) is 12.2. The molecule has 0 amide bonds. The first kappa shape index (κ1) is 22.3. The predicted molar refractivity (Wildman–Crippen MR) is 117 cm³/mol. The van der Waals surface area contributed by atoms with Crippen molar-refractivity contribution in [3.05, 3.63) is 47.5 Å². The van der Waals surface area contributed by atoms with Crippen LogP contribution in [0.3, 0.4) is 0 Å². The Labute approximate surface area is 181 Å². The van der Waals surface area contributed by atoms with Gasteiger partial charge in [-0.1, -0.05) is 13.3 Å². The third kappa shape index (κ3) is 6.04. The summed E-state index contributed by atoms with van der Waals surface area (Å²) in [7, 11) is 0. The minimum atomic E-state index is -0.0310. The Kier molecular flexibility index (Phi) is 7.98. The van der Waals surface area contributed by atoms with Gasteiger partial charge in [-0.3, -0.25) is 4.79 Å². The highest BCUT2D eigenvalue weighted by Crippen LogP contribution is 2.31. The third-order valence-corrected chi connectivity index (χ3v) is 4.96. The first-order chi connectivity index (χ1) is 15.1. The van der Waals surface area contributed by atoms with E-state index in [9.17, 15) is 9.90 Å². The summed E-state index contributed by atoms with van der Waals surface area (Å²) in [6.45, 7) is 4.88. The molecule has 0 aliphatic heterocycles. The van der Waals surface area contributed by atoms with Crippen LogP contribution in [0.25, 0.3) is 11.4 Å². The maximum atomic E-state index is 12.2. The molecule has 0 fully saturated rings. The summed E-state index contributed by atoms with van der Waals surface area (Å²) in [6.07, 6.45) is 3.84. The largest absolute Gasteiger partial charge is 0.507 e. The van der Waals surface area contributed by atoms with Crippen molar-refractivity contribution in [1.82, 2.24) is 20.6 Å². The summed E-state index contributed by atoms with van der Waals surface area (Å²) in [6, 6.07) is 10.9. The van der Waals surface area contributed by atoms with Gasteiger partial charge in [0.1, 0.15) is 17.2 Å². The number of carbonyl (C=O) groups is 1. The fraction of sp³-hybridized carbons (Fsp3) is 0.391. The van der Waals surface area contributed by atoms with E-state index in [1.165, 1.54) is 0 Å². The van der Waals surface area contributed by atoms with Gasteiger partial charge in [-0.15, -0.1) is 10.2 Å². The highest BCUT2D eigenvalue weighted by atomic mass is 16.5. The van der Waals surface area contributed by atoms with Crippen LogP contribution in [-0.2, 0) is 0 Å². The molecular formula is C23H28N4O4. The van der Waals surface area contributed by atoms with Crippen molar-refractivity contribution in [2.75, 3.05) is 13.2 Å². The SMILES string of the molecule is CCCCC(=O)c1ccc(OCCCCOc2ccc(-c3nn[nH]n3)cc2)c(C)c1O. The lowest BCUT2D eigenvalue weighted by molar-refractivity contribution is 0.0977. The lowest BCUT2D eigenvalue weighted by Gasteiger charge is -2.13. The Balaban J connectivity index is 1.40. The van der Waals surface area contributed by atoms with Crippen LogP contribution < -0.4 is 9.47 Å². The van der Waals surface area contributed by atoms with Gasteiger partial charge in [0.15, 0.2) is 5.78 Å². The van der Waals surface area contributed by atoms with Gasteiger partial charge in [0.2, 0.25) is 5.82 Å². The molecule has 0 unspecified atom stereocenters. The number of hydrogen-bond donors (Lipinski definition) is 2. The minimum Gasteiger partial charge on any atom is -0.507 e. The fourth-order valence-corrected chi connectivity index (χ4v) is 3.10. The molecule has 8 heteroatoms. The normalized spacial score (nSPS) is 10.8. The average molecular weight is 425 g/mol. The van der Waals surface area contributed by atoms with E-state index in [-0.39, 0.29) is 11.5 Å². The molecule has 1 aromatic heterocycles. The molecule has 164 valence electrons. The molecular weight excluding hydrogens is 396 g/mol. The lowest BCUT2D eigenvalue weighted by Crippen LogP contribution is -2.05. The van der Waals surface area contributed by atoms with E-state index in [4.69, 9.17) is 9.47 Å². The average Bonchev–Trinajstić information content (AvgIpc) is 3.32. The number of aromatic hydroxyl groups is 1. The highest BCUT2D eigenvalue weighted by Gasteiger charge is 2.15. The number of tetrazole rings is 1. The van der Waals surface area contributed by atoms with E-state index in [1.54, 1.807) is 19.1 Å². The first-order valence-corrected chi connectivity index (χ1v) is 10.6. The number of nitrogens with zero attached hydrogens (tertiary/aromatic N) is 3. The van der Waals surface area contributed by atoms with Crippen LogP contribution in [0.4, 0.5) is 0 Å². The number of H-pyrrole nitrogens is 1. The van der Waals surface area contributed by atoms with Crippen LogP contribution in [0, 0.1) is 6.92 Å². The Morgan fingerprint density at radius 3 is 2.45 bits per heavy atom. The molecule has 0 aliphatic rings. The molecule has 31 heavy (non-hydrogen) atoms. The molecule has 0 atom stereocenters. The van der Waals surface area contributed by atoms with Gasteiger partial charge in [0.25, 0.3) is 0 Å². The Morgan fingerprint density at radius 1 is 1.03 bits per heavy atom. The number of unbranched alkanes of at least 4 members (excludes halogenated alkanes) is 2. The van der Waals surface area contributed by atoms with E-state index in [0.29, 0.717) is 42.3 Å². The van der Waals surface area contributed by atoms with Gasteiger partial charge in [0.05, 0.1) is 18.8 Å². The Bertz CT molecular complexity index is 972. The third-order valence-electron chi connectivity index (χ3n) is 4.96. The van der Waals surface area contributed by atoms with Crippen LogP contribution in [-0.4, -0.2) is 44.7 Å². The monoisotopic (exact) mass is 424 g/mol. The van der Waals surface area contributed by atoms with Gasteiger partial charge < -0.3 is 14.6 Å². The fourth-order valence-electron chi connectivity index (χ4n) is 3.10. The molecule has 3 aromatic rings. The van der Waals surface area contributed by atoms with E-state index in [2.05, 4.69) is 20.6 Å². The van der Waals surface area contributed by atoms with Crippen LogP contribution >= 0.6 is 0 Å². The van der Waals surface area contributed by atoms with E-state index < -0.39 is 0 Å². The molecule has 0 spiro atoms. The van der Waals surface area contributed by atoms with Crippen molar-refractivity contribution in [2.45, 2.75) is 46.0 Å². The zero-order valence-electron chi connectivity index (χ0n) is 17.9. The molecule has 0 saturated heterocycles. The van der Waals surface area contributed by atoms with Crippen molar-refractivity contribution in [3.63, 3.8) is 0 Å². The van der Waals surface area contributed by atoms with Crippen molar-refractivity contribution in [3.8, 4) is 28.6 Å². The van der Waals surface area contributed by atoms with Crippen LogP contribution in [0.15, 0.2) is 36.4 Å². The maximum absolute atomic E-state index is 12.2. The number of nitrogens with one attached hydrogen (secondary N) is 1. The molecule has 0 bridgehead atoms. The van der Waals surface area contributed by atoms with Gasteiger partial charge in [0, 0.05) is 17.5 Å². The maximum Gasteiger partial charge on any atom is 0.204 e.